The van der Waals surface area contributed by atoms with Gasteiger partial charge in [0.05, 0.1) is 52.4 Å². The summed E-state index contributed by atoms with van der Waals surface area (Å²) in [6.45, 7) is 0.880. The number of nitrogens with one attached hydrogen (secondary N) is 1. The molecule has 1 N–H and O–H groups in total. The van der Waals surface area contributed by atoms with Gasteiger partial charge in [0, 0.05) is 24.1 Å². The predicted octanol–water partition coefficient (Wildman–Crippen LogP) is -0.665. The van der Waals surface area contributed by atoms with E-state index in [-0.39, 0.29) is 38.0 Å². The van der Waals surface area contributed by atoms with Crippen LogP contribution in [0.25, 0.3) is 0 Å². The smallest absolute Gasteiger partial charge is 0.255 e. The van der Waals surface area contributed by atoms with Gasteiger partial charge in [-0.3, -0.25) is 19.7 Å². The summed E-state index contributed by atoms with van der Waals surface area (Å²) < 4.78 is 11.4. The van der Waals surface area contributed by atoms with Gasteiger partial charge in [0.25, 0.3) is 5.91 Å². The highest BCUT2D eigenvalue weighted by Crippen LogP contribution is 2.34. The van der Waals surface area contributed by atoms with Crippen LogP contribution in [0.1, 0.15) is 39.9 Å². The number of benzene rings is 2. The van der Waals surface area contributed by atoms with Gasteiger partial charge < -0.3 is 19.3 Å². The minimum atomic E-state index is -1.76. The molecule has 0 aliphatic carbocycles. The molecule has 0 aromatic heterocycles. The quantitative estimate of drug-likeness (QED) is 0.420. The molecule has 2 aromatic rings. The van der Waals surface area contributed by atoms with Gasteiger partial charge in [-0.2, -0.15) is 0 Å². The molecule has 3 aliphatic rings. The van der Waals surface area contributed by atoms with Crippen LogP contribution in [-0.4, -0.2) is 96.1 Å². The van der Waals surface area contributed by atoms with E-state index in [4.69, 9.17) is 48.7 Å². The van der Waals surface area contributed by atoms with Gasteiger partial charge in [0.2, 0.25) is 11.8 Å². The van der Waals surface area contributed by atoms with Crippen LogP contribution >= 0.6 is 0 Å². The summed E-state index contributed by atoms with van der Waals surface area (Å²) in [4.78, 5) is 39.9. The zero-order valence-corrected chi connectivity index (χ0v) is 20.8. The van der Waals surface area contributed by atoms with E-state index in [9.17, 15) is 14.4 Å². The Hall–Kier alpha value is -2.91. The zero-order chi connectivity index (χ0) is 27.2. The molecule has 2 aromatic carbocycles. The van der Waals surface area contributed by atoms with Crippen LogP contribution in [0, 0.1) is 0 Å². The standard InChI is InChI=1S/C25H22B5N3O5/c26-20-13-38-25(29,30)24(27,28)33(20)10-14-4-6-15(7-5-14)12-37-19-3-1-2-16-17(19)11-32(23(16)36)18-8-9-21(34)31-22(18)35/h1-7,18,20H,8-13H2,(H,31,34,35). The Morgan fingerprint density at radius 2 is 1.74 bits per heavy atom. The van der Waals surface area contributed by atoms with Crippen LogP contribution in [0.3, 0.4) is 0 Å². The molecule has 182 valence electrons. The number of piperidine rings is 1. The number of amides is 3. The van der Waals surface area contributed by atoms with E-state index in [1.807, 2.05) is 24.3 Å². The molecular weight excluding hydrogens is 476 g/mol. The van der Waals surface area contributed by atoms with Crippen molar-refractivity contribution in [1.82, 2.24) is 15.1 Å². The minimum absolute atomic E-state index is 0.0833. The zero-order valence-electron chi connectivity index (χ0n) is 20.8. The van der Waals surface area contributed by atoms with E-state index in [1.165, 1.54) is 4.90 Å². The Balaban J connectivity index is 1.24. The molecule has 2 saturated heterocycles. The molecule has 2 unspecified atom stereocenters. The molecule has 3 heterocycles. The van der Waals surface area contributed by atoms with E-state index in [2.05, 4.69) is 5.32 Å². The number of imide groups is 1. The number of fused-ring (bicyclic) bond motifs is 1. The van der Waals surface area contributed by atoms with Crippen LogP contribution in [0.4, 0.5) is 0 Å². The first-order valence-corrected chi connectivity index (χ1v) is 12.3. The number of nitrogens with zero attached hydrogens (tertiary/aromatic N) is 2. The third-order valence-electron chi connectivity index (χ3n) is 7.30. The SMILES string of the molecule is [B]C1COC([B])([B])C([B])([B])N1Cc1ccc(COc2cccc3c2CN(C2CCC(=O)NC2=O)C3=O)cc1. The minimum Gasteiger partial charge on any atom is -0.489 e. The summed E-state index contributed by atoms with van der Waals surface area (Å²) >= 11 is 0. The number of rotatable bonds is 6. The Morgan fingerprint density at radius 1 is 1.03 bits per heavy atom. The summed E-state index contributed by atoms with van der Waals surface area (Å²) in [5.74, 6) is -1.05. The van der Waals surface area contributed by atoms with Gasteiger partial charge in [0.1, 0.15) is 18.4 Å². The third-order valence-corrected chi connectivity index (χ3v) is 7.30. The molecule has 3 amide bonds. The molecule has 10 radical (unpaired) electrons. The second-order valence-electron chi connectivity index (χ2n) is 9.91. The van der Waals surface area contributed by atoms with Crippen LogP contribution in [0.2, 0.25) is 0 Å². The average Bonchev–Trinajstić information content (AvgIpc) is 3.21. The molecule has 13 heteroatoms. The molecule has 2 fully saturated rings. The summed E-state index contributed by atoms with van der Waals surface area (Å²) in [6, 6.07) is 12.2. The summed E-state index contributed by atoms with van der Waals surface area (Å²) in [5, 5.41) is -1.13. The maximum atomic E-state index is 13.0. The monoisotopic (exact) mass is 499 g/mol. The summed E-state index contributed by atoms with van der Waals surface area (Å²) in [7, 11) is 30.3. The van der Waals surface area contributed by atoms with Gasteiger partial charge in [-0.05, 0) is 46.4 Å². The number of ether oxygens (including phenoxy) is 2. The van der Waals surface area contributed by atoms with Crippen LogP contribution in [-0.2, 0) is 34.0 Å². The third kappa shape index (κ3) is 4.82. The molecule has 0 bridgehead atoms. The molecule has 0 spiro atoms. The maximum absolute atomic E-state index is 13.0. The lowest BCUT2D eigenvalue weighted by Gasteiger charge is -2.58. The molecule has 8 nitrogen and oxygen atoms in total. The van der Waals surface area contributed by atoms with Crippen LogP contribution in [0.15, 0.2) is 42.5 Å². The molecule has 5 rings (SSSR count). The summed E-state index contributed by atoms with van der Waals surface area (Å²) in [5.41, 5.74) is 2.98. The van der Waals surface area contributed by atoms with Gasteiger partial charge in [0.15, 0.2) is 0 Å². The van der Waals surface area contributed by atoms with Crippen molar-refractivity contribution in [3.63, 3.8) is 0 Å². The fourth-order valence-corrected chi connectivity index (χ4v) is 4.97. The number of hydrogen-bond acceptors (Lipinski definition) is 6. The topological polar surface area (TPSA) is 88.2 Å². The molecule has 2 atom stereocenters. The first-order valence-electron chi connectivity index (χ1n) is 12.3. The second kappa shape index (κ2) is 10.0. The van der Waals surface area contributed by atoms with Crippen LogP contribution in [0.5, 0.6) is 5.75 Å². The lowest BCUT2D eigenvalue weighted by molar-refractivity contribution is -0.136. The Morgan fingerprint density at radius 3 is 2.45 bits per heavy atom. The number of hydrogen-bond donors (Lipinski definition) is 1. The van der Waals surface area contributed by atoms with E-state index in [0.717, 1.165) is 16.7 Å². The number of morpholine rings is 1. The van der Waals surface area contributed by atoms with Gasteiger partial charge in [-0.25, -0.2) is 0 Å². The van der Waals surface area contributed by atoms with Gasteiger partial charge in [-0.1, -0.05) is 30.3 Å². The largest absolute Gasteiger partial charge is 0.489 e. The molecule has 0 saturated carbocycles. The van der Waals surface area contributed by atoms with Crippen molar-refractivity contribution in [3.05, 3.63) is 64.7 Å². The lowest BCUT2D eigenvalue weighted by atomic mass is 9.38. The van der Waals surface area contributed by atoms with Crippen molar-refractivity contribution in [2.24, 2.45) is 0 Å². The van der Waals surface area contributed by atoms with Crippen molar-refractivity contribution < 1.29 is 23.9 Å². The first kappa shape index (κ1) is 26.7. The number of carbonyl (C=O) groups is 3. The highest BCUT2D eigenvalue weighted by molar-refractivity contribution is 6.54. The van der Waals surface area contributed by atoms with E-state index in [0.29, 0.717) is 24.3 Å². The van der Waals surface area contributed by atoms with E-state index in [1.54, 1.807) is 23.1 Å². The molecule has 38 heavy (non-hydrogen) atoms. The van der Waals surface area contributed by atoms with Crippen molar-refractivity contribution in [2.75, 3.05) is 6.61 Å². The van der Waals surface area contributed by atoms with Crippen molar-refractivity contribution in [1.29, 1.82) is 0 Å². The molecule has 3 aliphatic heterocycles. The number of carbonyl (C=O) groups excluding carboxylic acids is 3. The Labute approximate surface area is 228 Å². The fraction of sp³-hybridized carbons (Fsp3) is 0.400. The van der Waals surface area contributed by atoms with Gasteiger partial charge in [-0.15, -0.1) is 0 Å². The lowest BCUT2D eigenvalue weighted by Crippen LogP contribution is -2.74. The van der Waals surface area contributed by atoms with E-state index < -0.39 is 28.6 Å². The second-order valence-corrected chi connectivity index (χ2v) is 9.91. The van der Waals surface area contributed by atoms with Crippen LogP contribution < -0.4 is 10.1 Å². The maximum Gasteiger partial charge on any atom is 0.255 e. The highest BCUT2D eigenvalue weighted by atomic mass is 16.5. The fourth-order valence-electron chi connectivity index (χ4n) is 4.97. The summed E-state index contributed by atoms with van der Waals surface area (Å²) in [6.07, 6.45) is 0.499. The molecular formula is C25H22B5N3O5. The van der Waals surface area contributed by atoms with Crippen molar-refractivity contribution >= 4 is 57.0 Å². The van der Waals surface area contributed by atoms with E-state index >= 15 is 0 Å². The predicted molar refractivity (Wildman–Crippen MR) is 143 cm³/mol. The first-order chi connectivity index (χ1) is 18.0. The Bertz CT molecular complexity index is 1270. The van der Waals surface area contributed by atoms with Crippen molar-refractivity contribution in [3.8, 4) is 5.75 Å². The van der Waals surface area contributed by atoms with Crippen molar-refractivity contribution in [2.45, 2.75) is 55.3 Å². The normalized spacial score (nSPS) is 24.6. The van der Waals surface area contributed by atoms with Gasteiger partial charge >= 0.3 is 0 Å². The Kier molecular flexibility index (Phi) is 7.03. The highest BCUT2D eigenvalue weighted by Gasteiger charge is 2.45. The average molecular weight is 499 g/mol.